The molecular weight excluding hydrogens is 386 g/mol. The topological polar surface area (TPSA) is 72.5 Å². The van der Waals surface area contributed by atoms with E-state index in [1.807, 2.05) is 45.0 Å². The quantitative estimate of drug-likeness (QED) is 0.726. The lowest BCUT2D eigenvalue weighted by Gasteiger charge is -2.29. The molecule has 1 saturated carbocycles. The predicted octanol–water partition coefficient (Wildman–Crippen LogP) is 4.44. The molecule has 0 bridgehead atoms. The van der Waals surface area contributed by atoms with Gasteiger partial charge in [0.05, 0.1) is 17.0 Å². The van der Waals surface area contributed by atoms with Crippen LogP contribution in [0, 0.1) is 0 Å². The first kappa shape index (κ1) is 21.4. The number of hydrogen-bond acceptors (Lipinski definition) is 4. The Kier molecular flexibility index (Phi) is 6.32. The first-order valence-electron chi connectivity index (χ1n) is 10.1. The van der Waals surface area contributed by atoms with Crippen LogP contribution in [0.3, 0.4) is 0 Å². The standard InChI is InChI=1S/C23H29NO4S/c1-17(2)28-20-11-9-10-19(16-20)18(3)24-22(25)23(14-7-8-15-23)29(26,27)21-12-5-4-6-13-21/h4-6,9-13,16-18H,7-8,14-15H2,1-3H3,(H,24,25)/t18-/m1/s1. The van der Waals surface area contributed by atoms with Crippen LogP contribution in [-0.4, -0.2) is 25.2 Å². The fourth-order valence-electron chi connectivity index (χ4n) is 3.93. The van der Waals surface area contributed by atoms with Gasteiger partial charge in [-0.1, -0.05) is 43.2 Å². The van der Waals surface area contributed by atoms with Gasteiger partial charge >= 0.3 is 0 Å². The molecule has 1 fully saturated rings. The summed E-state index contributed by atoms with van der Waals surface area (Å²) < 4.78 is 31.1. The van der Waals surface area contributed by atoms with E-state index in [4.69, 9.17) is 4.74 Å². The fraction of sp³-hybridized carbons (Fsp3) is 0.435. The molecule has 1 aliphatic carbocycles. The highest BCUT2D eigenvalue weighted by Crippen LogP contribution is 2.41. The molecule has 0 aliphatic heterocycles. The SMILES string of the molecule is CC(C)Oc1cccc([C@@H](C)NC(=O)C2(S(=O)(=O)c3ccccc3)CCCC2)c1. The minimum atomic E-state index is -3.79. The Labute approximate surface area is 173 Å². The molecule has 1 aliphatic rings. The van der Waals surface area contributed by atoms with Gasteiger partial charge in [0.2, 0.25) is 5.91 Å². The van der Waals surface area contributed by atoms with Gasteiger partial charge in [-0.25, -0.2) is 8.42 Å². The number of hydrogen-bond donors (Lipinski definition) is 1. The van der Waals surface area contributed by atoms with E-state index in [9.17, 15) is 13.2 Å². The number of benzene rings is 2. The van der Waals surface area contributed by atoms with Crippen LogP contribution >= 0.6 is 0 Å². The van der Waals surface area contributed by atoms with Crippen molar-refractivity contribution in [2.45, 2.75) is 68.2 Å². The number of amides is 1. The van der Waals surface area contributed by atoms with Gasteiger partial charge in [-0.05, 0) is 63.4 Å². The molecule has 0 saturated heterocycles. The molecule has 29 heavy (non-hydrogen) atoms. The van der Waals surface area contributed by atoms with E-state index >= 15 is 0 Å². The molecule has 156 valence electrons. The molecule has 0 aromatic heterocycles. The molecule has 6 heteroatoms. The summed E-state index contributed by atoms with van der Waals surface area (Å²) in [4.78, 5) is 13.5. The molecule has 1 amide bonds. The van der Waals surface area contributed by atoms with Crippen molar-refractivity contribution in [2.75, 3.05) is 0 Å². The molecule has 5 nitrogen and oxygen atoms in total. The van der Waals surface area contributed by atoms with Gasteiger partial charge < -0.3 is 10.1 Å². The first-order chi connectivity index (χ1) is 13.8. The van der Waals surface area contributed by atoms with Crippen LogP contribution in [0.5, 0.6) is 5.75 Å². The molecular formula is C23H29NO4S. The molecule has 3 rings (SSSR count). The summed E-state index contributed by atoms with van der Waals surface area (Å²) >= 11 is 0. The van der Waals surface area contributed by atoms with Crippen molar-refractivity contribution in [3.63, 3.8) is 0 Å². The number of sulfone groups is 1. The molecule has 2 aromatic rings. The second kappa shape index (κ2) is 8.57. The van der Waals surface area contributed by atoms with E-state index in [0.717, 1.165) is 24.2 Å². The second-order valence-electron chi connectivity index (χ2n) is 7.95. The first-order valence-corrected chi connectivity index (χ1v) is 11.6. The van der Waals surface area contributed by atoms with Gasteiger partial charge in [0.15, 0.2) is 14.6 Å². The molecule has 1 N–H and O–H groups in total. The normalized spacial score (nSPS) is 17.1. The zero-order valence-electron chi connectivity index (χ0n) is 17.2. The number of ether oxygens (including phenoxy) is 1. The van der Waals surface area contributed by atoms with Crippen molar-refractivity contribution in [1.29, 1.82) is 0 Å². The smallest absolute Gasteiger partial charge is 0.242 e. The van der Waals surface area contributed by atoms with E-state index in [1.54, 1.807) is 30.3 Å². The Bertz CT molecular complexity index is 948. The average Bonchev–Trinajstić information content (AvgIpc) is 3.20. The Morgan fingerprint density at radius 1 is 1.00 bits per heavy atom. The van der Waals surface area contributed by atoms with E-state index in [0.29, 0.717) is 12.8 Å². The fourth-order valence-corrected chi connectivity index (χ4v) is 6.03. The van der Waals surface area contributed by atoms with Crippen LogP contribution in [0.4, 0.5) is 0 Å². The highest BCUT2D eigenvalue weighted by molar-refractivity contribution is 7.93. The van der Waals surface area contributed by atoms with Gasteiger partial charge in [0, 0.05) is 0 Å². The highest BCUT2D eigenvalue weighted by atomic mass is 32.2. The molecule has 1 atom stereocenters. The molecule has 0 spiro atoms. The van der Waals surface area contributed by atoms with Gasteiger partial charge in [0.25, 0.3) is 0 Å². The van der Waals surface area contributed by atoms with E-state index < -0.39 is 20.5 Å². The summed E-state index contributed by atoms with van der Waals surface area (Å²) in [6.45, 7) is 5.77. The minimum absolute atomic E-state index is 0.0490. The van der Waals surface area contributed by atoms with Crippen molar-refractivity contribution >= 4 is 15.7 Å². The Morgan fingerprint density at radius 2 is 1.66 bits per heavy atom. The lowest BCUT2D eigenvalue weighted by atomic mass is 10.0. The number of nitrogens with one attached hydrogen (secondary N) is 1. The van der Waals surface area contributed by atoms with Crippen molar-refractivity contribution in [3.05, 3.63) is 60.2 Å². The zero-order chi connectivity index (χ0) is 21.1. The summed E-state index contributed by atoms with van der Waals surface area (Å²) in [5, 5.41) is 2.96. The van der Waals surface area contributed by atoms with Gasteiger partial charge in [-0.15, -0.1) is 0 Å². The third kappa shape index (κ3) is 4.32. The molecule has 0 radical (unpaired) electrons. The lowest BCUT2D eigenvalue weighted by molar-refractivity contribution is -0.124. The maximum Gasteiger partial charge on any atom is 0.242 e. The maximum atomic E-state index is 13.4. The lowest BCUT2D eigenvalue weighted by Crippen LogP contribution is -2.51. The minimum Gasteiger partial charge on any atom is -0.491 e. The summed E-state index contributed by atoms with van der Waals surface area (Å²) in [6.07, 6.45) is 2.20. The van der Waals surface area contributed by atoms with Crippen LogP contribution < -0.4 is 10.1 Å². The Morgan fingerprint density at radius 3 is 2.28 bits per heavy atom. The average molecular weight is 416 g/mol. The van der Waals surface area contributed by atoms with Crippen molar-refractivity contribution in [3.8, 4) is 5.75 Å². The number of carbonyl (C=O) groups is 1. The third-order valence-corrected chi connectivity index (χ3v) is 7.99. The van der Waals surface area contributed by atoms with Crippen LogP contribution in [0.25, 0.3) is 0 Å². The summed E-state index contributed by atoms with van der Waals surface area (Å²) in [5.74, 6) is 0.313. The Hall–Kier alpha value is -2.34. The van der Waals surface area contributed by atoms with Crippen molar-refractivity contribution in [1.82, 2.24) is 5.32 Å². The van der Waals surface area contributed by atoms with Crippen molar-refractivity contribution < 1.29 is 17.9 Å². The van der Waals surface area contributed by atoms with E-state index in [1.165, 1.54) is 0 Å². The monoisotopic (exact) mass is 415 g/mol. The summed E-state index contributed by atoms with van der Waals surface area (Å²) in [7, 11) is -3.79. The van der Waals surface area contributed by atoms with Gasteiger partial charge in [-0.2, -0.15) is 0 Å². The molecule has 0 heterocycles. The van der Waals surface area contributed by atoms with Crippen LogP contribution in [0.15, 0.2) is 59.5 Å². The highest BCUT2D eigenvalue weighted by Gasteiger charge is 2.53. The van der Waals surface area contributed by atoms with Crippen LogP contribution in [-0.2, 0) is 14.6 Å². The number of carbonyl (C=O) groups excluding carboxylic acids is 1. The second-order valence-corrected chi connectivity index (χ2v) is 10.2. The van der Waals surface area contributed by atoms with Gasteiger partial charge in [0.1, 0.15) is 5.75 Å². The Balaban J connectivity index is 1.86. The third-order valence-electron chi connectivity index (χ3n) is 5.47. The molecule has 0 unspecified atom stereocenters. The van der Waals surface area contributed by atoms with Crippen LogP contribution in [0.1, 0.15) is 58.1 Å². The number of rotatable bonds is 7. The molecule has 2 aromatic carbocycles. The zero-order valence-corrected chi connectivity index (χ0v) is 18.0. The van der Waals surface area contributed by atoms with E-state index in [2.05, 4.69) is 5.32 Å². The maximum absolute atomic E-state index is 13.4. The predicted molar refractivity (Wildman–Crippen MR) is 114 cm³/mol. The summed E-state index contributed by atoms with van der Waals surface area (Å²) in [5.41, 5.74) is 0.877. The van der Waals surface area contributed by atoms with Crippen LogP contribution in [0.2, 0.25) is 0 Å². The van der Waals surface area contributed by atoms with E-state index in [-0.39, 0.29) is 17.0 Å². The largest absolute Gasteiger partial charge is 0.491 e. The van der Waals surface area contributed by atoms with Gasteiger partial charge in [-0.3, -0.25) is 4.79 Å². The summed E-state index contributed by atoms with van der Waals surface area (Å²) in [6, 6.07) is 15.5. The van der Waals surface area contributed by atoms with Crippen molar-refractivity contribution in [2.24, 2.45) is 0 Å².